The van der Waals surface area contributed by atoms with Crippen molar-refractivity contribution in [3.63, 3.8) is 0 Å². The van der Waals surface area contributed by atoms with Gasteiger partial charge in [0.25, 0.3) is 0 Å². The normalized spacial score (nSPS) is 25.6. The number of nitrogens with one attached hydrogen (secondary N) is 1. The number of likely N-dealkylation sites (N-methyl/N-ethyl adjacent to an activating group) is 1. The molecule has 0 unspecified atom stereocenters. The SMILES string of the molecule is CSc1[nH]c2cccc3c2c1C[C@@H]1[C@@H]3C=C(C)CN1C. The standard InChI is InChI=1S/C17H20N2S/c1-10-7-12-11-5-4-6-14-16(11)13(17(18-14)20-3)8-15(12)19(2)9-10/h4-7,12,15,18H,8-9H2,1-3H3/t12-,15-/m1/s1. The highest BCUT2D eigenvalue weighted by molar-refractivity contribution is 7.98. The molecule has 104 valence electrons. The van der Waals surface area contributed by atoms with Crippen molar-refractivity contribution in [3.8, 4) is 0 Å². The van der Waals surface area contributed by atoms with Crippen molar-refractivity contribution in [1.29, 1.82) is 0 Å². The Morgan fingerprint density at radius 2 is 2.20 bits per heavy atom. The van der Waals surface area contributed by atoms with E-state index in [0.717, 1.165) is 13.0 Å². The van der Waals surface area contributed by atoms with E-state index < -0.39 is 0 Å². The Morgan fingerprint density at radius 1 is 1.35 bits per heavy atom. The Labute approximate surface area is 124 Å². The summed E-state index contributed by atoms with van der Waals surface area (Å²) in [6.07, 6.45) is 5.83. The molecule has 1 aliphatic heterocycles. The van der Waals surface area contributed by atoms with Gasteiger partial charge in [-0.25, -0.2) is 0 Å². The number of thioether (sulfide) groups is 1. The summed E-state index contributed by atoms with van der Waals surface area (Å²) in [5, 5.41) is 2.84. The number of fused-ring (bicyclic) bond motifs is 2. The van der Waals surface area contributed by atoms with Gasteiger partial charge in [0.05, 0.1) is 5.03 Å². The first-order chi connectivity index (χ1) is 9.69. The number of aromatic nitrogens is 1. The van der Waals surface area contributed by atoms with Crippen molar-refractivity contribution in [3.05, 3.63) is 41.0 Å². The Bertz CT molecular complexity index is 713. The highest BCUT2D eigenvalue weighted by atomic mass is 32.2. The van der Waals surface area contributed by atoms with Crippen LogP contribution in [0.1, 0.15) is 24.0 Å². The minimum absolute atomic E-state index is 0.551. The van der Waals surface area contributed by atoms with Gasteiger partial charge in [-0.3, -0.25) is 4.90 Å². The predicted octanol–water partition coefficient (Wildman–Crippen LogP) is 3.79. The largest absolute Gasteiger partial charge is 0.349 e. The fourth-order valence-electron chi connectivity index (χ4n) is 4.01. The Kier molecular flexibility index (Phi) is 2.76. The molecule has 0 saturated carbocycles. The van der Waals surface area contributed by atoms with Crippen LogP contribution in [0.15, 0.2) is 34.9 Å². The van der Waals surface area contributed by atoms with Crippen molar-refractivity contribution in [2.45, 2.75) is 30.3 Å². The molecule has 2 atom stereocenters. The van der Waals surface area contributed by atoms with Gasteiger partial charge in [0.1, 0.15) is 0 Å². The van der Waals surface area contributed by atoms with E-state index in [1.807, 2.05) is 11.8 Å². The molecule has 0 radical (unpaired) electrons. The first-order valence-electron chi connectivity index (χ1n) is 7.24. The molecule has 1 aromatic heterocycles. The van der Waals surface area contributed by atoms with Crippen LogP contribution in [0.4, 0.5) is 0 Å². The van der Waals surface area contributed by atoms with Gasteiger partial charge in [-0.2, -0.15) is 0 Å². The summed E-state index contributed by atoms with van der Waals surface area (Å²) in [6, 6.07) is 7.34. The molecule has 2 nitrogen and oxygen atoms in total. The third-order valence-electron chi connectivity index (χ3n) is 4.84. The van der Waals surface area contributed by atoms with E-state index in [9.17, 15) is 0 Å². The third kappa shape index (κ3) is 1.63. The van der Waals surface area contributed by atoms with Crippen molar-refractivity contribution in [2.24, 2.45) is 0 Å². The van der Waals surface area contributed by atoms with Crippen LogP contribution in [-0.4, -0.2) is 35.8 Å². The molecular formula is C17H20N2S. The summed E-state index contributed by atoms with van der Waals surface area (Å²) in [5.74, 6) is 0.551. The molecule has 1 aromatic carbocycles. The summed E-state index contributed by atoms with van der Waals surface area (Å²) in [7, 11) is 2.27. The number of hydrogen-bond acceptors (Lipinski definition) is 2. The van der Waals surface area contributed by atoms with Gasteiger partial charge in [-0.15, -0.1) is 11.8 Å². The van der Waals surface area contributed by atoms with E-state index in [-0.39, 0.29) is 0 Å². The smallest absolute Gasteiger partial charge is 0.0763 e. The second-order valence-electron chi connectivity index (χ2n) is 6.13. The average Bonchev–Trinajstić information content (AvgIpc) is 2.80. The van der Waals surface area contributed by atoms with Gasteiger partial charge in [-0.05, 0) is 43.8 Å². The second-order valence-corrected chi connectivity index (χ2v) is 6.95. The maximum absolute atomic E-state index is 3.61. The molecule has 20 heavy (non-hydrogen) atoms. The second kappa shape index (κ2) is 4.40. The van der Waals surface area contributed by atoms with E-state index in [1.165, 1.54) is 32.6 Å². The maximum atomic E-state index is 3.61. The third-order valence-corrected chi connectivity index (χ3v) is 5.60. The van der Waals surface area contributed by atoms with Crippen LogP contribution in [0.25, 0.3) is 10.9 Å². The fraction of sp³-hybridized carbons (Fsp3) is 0.412. The summed E-state index contributed by atoms with van der Waals surface area (Å²) < 4.78 is 0. The van der Waals surface area contributed by atoms with Crippen molar-refractivity contribution >= 4 is 22.7 Å². The Morgan fingerprint density at radius 3 is 3.00 bits per heavy atom. The highest BCUT2D eigenvalue weighted by Gasteiger charge is 2.36. The quantitative estimate of drug-likeness (QED) is 0.634. The van der Waals surface area contributed by atoms with Gasteiger partial charge >= 0.3 is 0 Å². The molecule has 2 heterocycles. The van der Waals surface area contributed by atoms with E-state index in [2.05, 4.69) is 54.4 Å². The first kappa shape index (κ1) is 12.5. The summed E-state index contributed by atoms with van der Waals surface area (Å²) in [6.45, 7) is 3.36. The van der Waals surface area contributed by atoms with Crippen molar-refractivity contribution < 1.29 is 0 Å². The van der Waals surface area contributed by atoms with Gasteiger partial charge in [0.15, 0.2) is 0 Å². The molecule has 0 bridgehead atoms. The number of nitrogens with zero attached hydrogens (tertiary/aromatic N) is 1. The van der Waals surface area contributed by atoms with Crippen molar-refractivity contribution in [2.75, 3.05) is 19.8 Å². The highest BCUT2D eigenvalue weighted by Crippen LogP contribution is 2.44. The molecule has 0 saturated heterocycles. The van der Waals surface area contributed by atoms with Crippen LogP contribution in [-0.2, 0) is 6.42 Å². The van der Waals surface area contributed by atoms with Crippen LogP contribution < -0.4 is 0 Å². The minimum atomic E-state index is 0.551. The Hall–Kier alpha value is -1.19. The monoisotopic (exact) mass is 284 g/mol. The Balaban J connectivity index is 2.00. The van der Waals surface area contributed by atoms with Gasteiger partial charge in [-0.1, -0.05) is 23.8 Å². The summed E-state index contributed by atoms with van der Waals surface area (Å²) in [4.78, 5) is 6.13. The van der Waals surface area contributed by atoms with Gasteiger partial charge in [0.2, 0.25) is 0 Å². The lowest BCUT2D eigenvalue weighted by molar-refractivity contribution is 0.224. The molecule has 1 aliphatic carbocycles. The van der Waals surface area contributed by atoms with E-state index in [0.29, 0.717) is 12.0 Å². The molecule has 3 heteroatoms. The van der Waals surface area contributed by atoms with E-state index in [1.54, 1.807) is 0 Å². The predicted molar refractivity (Wildman–Crippen MR) is 86.7 cm³/mol. The zero-order valence-corrected chi connectivity index (χ0v) is 13.1. The lowest BCUT2D eigenvalue weighted by Gasteiger charge is -2.41. The van der Waals surface area contributed by atoms with Crippen LogP contribution >= 0.6 is 11.8 Å². The molecule has 4 rings (SSSR count). The maximum Gasteiger partial charge on any atom is 0.0763 e. The number of H-pyrrole nitrogens is 1. The lowest BCUT2D eigenvalue weighted by Crippen LogP contribution is -2.43. The molecule has 1 N–H and O–H groups in total. The van der Waals surface area contributed by atoms with E-state index >= 15 is 0 Å². The lowest BCUT2D eigenvalue weighted by atomic mass is 9.77. The zero-order valence-electron chi connectivity index (χ0n) is 12.2. The van der Waals surface area contributed by atoms with Crippen LogP contribution in [0, 0.1) is 0 Å². The summed E-state index contributed by atoms with van der Waals surface area (Å²) in [5.41, 5.74) is 5.84. The number of hydrogen-bond donors (Lipinski definition) is 1. The number of rotatable bonds is 1. The topological polar surface area (TPSA) is 19.0 Å². The minimum Gasteiger partial charge on any atom is -0.349 e. The molecule has 2 aliphatic rings. The molecule has 0 fully saturated rings. The molecule has 0 spiro atoms. The number of aromatic amines is 1. The zero-order chi connectivity index (χ0) is 13.9. The number of benzene rings is 1. The first-order valence-corrected chi connectivity index (χ1v) is 8.46. The van der Waals surface area contributed by atoms with Crippen LogP contribution in [0.2, 0.25) is 0 Å². The molecule has 2 aromatic rings. The molecule has 0 amide bonds. The average molecular weight is 284 g/mol. The van der Waals surface area contributed by atoms with Crippen LogP contribution in [0.3, 0.4) is 0 Å². The molecular weight excluding hydrogens is 264 g/mol. The van der Waals surface area contributed by atoms with E-state index in [4.69, 9.17) is 0 Å². The van der Waals surface area contributed by atoms with Crippen LogP contribution in [0.5, 0.6) is 0 Å². The van der Waals surface area contributed by atoms with Gasteiger partial charge in [0, 0.05) is 29.4 Å². The van der Waals surface area contributed by atoms with Gasteiger partial charge < -0.3 is 4.98 Å². The van der Waals surface area contributed by atoms with Crippen molar-refractivity contribution in [1.82, 2.24) is 9.88 Å². The fourth-order valence-corrected chi connectivity index (χ4v) is 4.66. The summed E-state index contributed by atoms with van der Waals surface area (Å²) >= 11 is 1.84.